The maximum absolute atomic E-state index is 11.6. The molecule has 0 aliphatic heterocycles. The van der Waals surface area contributed by atoms with Crippen molar-refractivity contribution in [2.24, 2.45) is 11.7 Å². The van der Waals surface area contributed by atoms with Crippen LogP contribution in [-0.2, 0) is 9.53 Å². The second kappa shape index (κ2) is 5.44. The van der Waals surface area contributed by atoms with Crippen LogP contribution in [0.15, 0.2) is 0 Å². The third-order valence-corrected chi connectivity index (χ3v) is 2.78. The molecule has 1 fully saturated rings. The van der Waals surface area contributed by atoms with Gasteiger partial charge in [-0.2, -0.15) is 0 Å². The maximum atomic E-state index is 11.6. The van der Waals surface area contributed by atoms with Gasteiger partial charge < -0.3 is 20.5 Å². The van der Waals surface area contributed by atoms with Crippen molar-refractivity contribution in [1.82, 2.24) is 4.90 Å². The number of likely N-dealkylation sites (N-methyl/N-ethyl adjacent to an activating group) is 1. The van der Waals surface area contributed by atoms with Crippen molar-refractivity contribution >= 4 is 5.91 Å². The molecule has 0 heterocycles. The molecule has 0 saturated heterocycles. The first-order chi connectivity index (χ1) is 7.04. The van der Waals surface area contributed by atoms with Crippen LogP contribution < -0.4 is 5.73 Å². The van der Waals surface area contributed by atoms with Gasteiger partial charge in [-0.1, -0.05) is 0 Å². The van der Waals surface area contributed by atoms with Crippen molar-refractivity contribution in [2.75, 3.05) is 27.3 Å². The van der Waals surface area contributed by atoms with Crippen LogP contribution in [-0.4, -0.2) is 55.4 Å². The van der Waals surface area contributed by atoms with Crippen molar-refractivity contribution in [2.45, 2.75) is 25.0 Å². The molecule has 5 nitrogen and oxygen atoms in total. The molecule has 1 saturated carbocycles. The van der Waals surface area contributed by atoms with Gasteiger partial charge in [0, 0.05) is 20.7 Å². The fraction of sp³-hybridized carbons (Fsp3) is 0.900. The zero-order valence-electron chi connectivity index (χ0n) is 9.35. The van der Waals surface area contributed by atoms with Crippen LogP contribution in [0.25, 0.3) is 0 Å². The van der Waals surface area contributed by atoms with Gasteiger partial charge in [-0.15, -0.1) is 0 Å². The van der Waals surface area contributed by atoms with E-state index in [0.717, 1.165) is 12.8 Å². The summed E-state index contributed by atoms with van der Waals surface area (Å²) >= 11 is 0. The number of carbonyl (C=O) groups is 1. The lowest BCUT2D eigenvalue weighted by Crippen LogP contribution is -2.47. The van der Waals surface area contributed by atoms with E-state index in [1.54, 1.807) is 11.9 Å². The summed E-state index contributed by atoms with van der Waals surface area (Å²) < 4.78 is 4.82. The number of aliphatic hydroxyl groups is 1. The number of nitrogens with zero attached hydrogens (tertiary/aromatic N) is 1. The fourth-order valence-corrected chi connectivity index (χ4v) is 1.86. The Morgan fingerprint density at radius 3 is 2.73 bits per heavy atom. The molecule has 15 heavy (non-hydrogen) atoms. The van der Waals surface area contributed by atoms with Crippen molar-refractivity contribution in [3.05, 3.63) is 0 Å². The van der Waals surface area contributed by atoms with Crippen molar-refractivity contribution in [3.63, 3.8) is 0 Å². The van der Waals surface area contributed by atoms with Crippen LogP contribution in [0.1, 0.15) is 12.8 Å². The highest BCUT2D eigenvalue weighted by Gasteiger charge is 2.30. The molecule has 1 unspecified atom stereocenters. The van der Waals surface area contributed by atoms with E-state index >= 15 is 0 Å². The molecule has 3 N–H and O–H groups in total. The van der Waals surface area contributed by atoms with Crippen molar-refractivity contribution < 1.29 is 14.6 Å². The number of amides is 1. The van der Waals surface area contributed by atoms with Gasteiger partial charge in [0.25, 0.3) is 0 Å². The van der Waals surface area contributed by atoms with E-state index in [-0.39, 0.29) is 18.6 Å². The van der Waals surface area contributed by atoms with E-state index < -0.39 is 6.04 Å². The summed E-state index contributed by atoms with van der Waals surface area (Å²) in [5, 5.41) is 9.12. The Kier molecular flexibility index (Phi) is 4.50. The number of methoxy groups -OCH3 is 1. The molecule has 1 aliphatic rings. The molecule has 0 bridgehead atoms. The molecule has 1 aliphatic carbocycles. The van der Waals surface area contributed by atoms with E-state index in [1.165, 1.54) is 7.11 Å². The molecule has 1 amide bonds. The number of rotatable bonds is 5. The van der Waals surface area contributed by atoms with Gasteiger partial charge in [-0.3, -0.25) is 4.79 Å². The number of carbonyl (C=O) groups excluding carboxylic acids is 1. The minimum atomic E-state index is -0.579. The van der Waals surface area contributed by atoms with Gasteiger partial charge in [-0.05, 0) is 18.8 Å². The zero-order chi connectivity index (χ0) is 11.4. The first-order valence-corrected chi connectivity index (χ1v) is 5.22. The maximum Gasteiger partial charge on any atom is 0.241 e. The molecule has 0 radical (unpaired) electrons. The van der Waals surface area contributed by atoms with Crippen LogP contribution in [0.5, 0.6) is 0 Å². The SMILES string of the molecule is COCC(N)C(=O)N(C)CC1CC(O)C1. The summed E-state index contributed by atoms with van der Waals surface area (Å²) in [5.74, 6) is 0.321. The zero-order valence-corrected chi connectivity index (χ0v) is 9.35. The molecule has 88 valence electrons. The third-order valence-electron chi connectivity index (χ3n) is 2.78. The summed E-state index contributed by atoms with van der Waals surface area (Å²) in [6.07, 6.45) is 1.40. The fourth-order valence-electron chi connectivity index (χ4n) is 1.86. The summed E-state index contributed by atoms with van der Waals surface area (Å²) in [5.41, 5.74) is 5.63. The Hall–Kier alpha value is -0.650. The van der Waals surface area contributed by atoms with E-state index in [1.807, 2.05) is 0 Å². The molecule has 5 heteroatoms. The van der Waals surface area contributed by atoms with Gasteiger partial charge >= 0.3 is 0 Å². The first kappa shape index (κ1) is 12.4. The molecule has 1 rings (SSSR count). The predicted molar refractivity (Wildman–Crippen MR) is 56.2 cm³/mol. The van der Waals surface area contributed by atoms with Gasteiger partial charge in [0.2, 0.25) is 5.91 Å². The average Bonchev–Trinajstić information content (AvgIpc) is 2.14. The number of ether oxygens (including phenoxy) is 1. The van der Waals surface area contributed by atoms with E-state index in [0.29, 0.717) is 12.5 Å². The van der Waals surface area contributed by atoms with Crippen LogP contribution in [0, 0.1) is 5.92 Å². The lowest BCUT2D eigenvalue weighted by Gasteiger charge is -2.35. The normalized spacial score (nSPS) is 26.9. The first-order valence-electron chi connectivity index (χ1n) is 5.22. The van der Waals surface area contributed by atoms with Gasteiger partial charge in [0.05, 0.1) is 12.7 Å². The molecular weight excluding hydrogens is 196 g/mol. The molecule has 0 aromatic rings. The van der Waals surface area contributed by atoms with E-state index in [9.17, 15) is 4.79 Å². The summed E-state index contributed by atoms with van der Waals surface area (Å²) in [6, 6.07) is -0.579. The van der Waals surface area contributed by atoms with Crippen LogP contribution in [0.2, 0.25) is 0 Å². The predicted octanol–water partition coefficient (Wildman–Crippen LogP) is -0.811. The number of aliphatic hydroxyl groups excluding tert-OH is 1. The molecule has 0 aromatic heterocycles. The largest absolute Gasteiger partial charge is 0.393 e. The molecule has 0 aromatic carbocycles. The molecular formula is C10H20N2O3. The highest BCUT2D eigenvalue weighted by atomic mass is 16.5. The second-order valence-corrected chi connectivity index (χ2v) is 4.27. The number of nitrogens with two attached hydrogens (primary N) is 1. The second-order valence-electron chi connectivity index (χ2n) is 4.27. The summed E-state index contributed by atoms with van der Waals surface area (Å²) in [7, 11) is 3.26. The highest BCUT2D eigenvalue weighted by Crippen LogP contribution is 2.27. The monoisotopic (exact) mass is 216 g/mol. The minimum absolute atomic E-state index is 0.0989. The lowest BCUT2D eigenvalue weighted by molar-refractivity contribution is -0.134. The Balaban J connectivity index is 2.26. The minimum Gasteiger partial charge on any atom is -0.393 e. The lowest BCUT2D eigenvalue weighted by atomic mass is 9.82. The Bertz CT molecular complexity index is 217. The molecule has 1 atom stereocenters. The number of hydrogen-bond acceptors (Lipinski definition) is 4. The van der Waals surface area contributed by atoms with E-state index in [4.69, 9.17) is 15.6 Å². The number of hydrogen-bond donors (Lipinski definition) is 2. The average molecular weight is 216 g/mol. The van der Waals surface area contributed by atoms with Crippen LogP contribution >= 0.6 is 0 Å². The third kappa shape index (κ3) is 3.44. The van der Waals surface area contributed by atoms with Crippen molar-refractivity contribution in [1.29, 1.82) is 0 Å². The van der Waals surface area contributed by atoms with E-state index in [2.05, 4.69) is 0 Å². The molecule has 0 spiro atoms. The van der Waals surface area contributed by atoms with Crippen LogP contribution in [0.4, 0.5) is 0 Å². The summed E-state index contributed by atoms with van der Waals surface area (Å²) in [4.78, 5) is 13.3. The quantitative estimate of drug-likeness (QED) is 0.630. The highest BCUT2D eigenvalue weighted by molar-refractivity contribution is 5.81. The van der Waals surface area contributed by atoms with Gasteiger partial charge in [0.1, 0.15) is 6.04 Å². The van der Waals surface area contributed by atoms with Crippen molar-refractivity contribution in [3.8, 4) is 0 Å². The standard InChI is InChI=1S/C10H20N2O3/c1-12(5-7-3-8(13)4-7)10(14)9(11)6-15-2/h7-9,13H,3-6,11H2,1-2H3. The Morgan fingerprint density at radius 2 is 2.27 bits per heavy atom. The Morgan fingerprint density at radius 1 is 1.67 bits per heavy atom. The smallest absolute Gasteiger partial charge is 0.241 e. The Labute approximate surface area is 90.2 Å². The summed E-state index contributed by atoms with van der Waals surface area (Å²) in [6.45, 7) is 0.920. The van der Waals surface area contributed by atoms with Gasteiger partial charge in [-0.25, -0.2) is 0 Å². The van der Waals surface area contributed by atoms with Gasteiger partial charge in [0.15, 0.2) is 0 Å². The topological polar surface area (TPSA) is 75.8 Å². The van der Waals surface area contributed by atoms with Crippen LogP contribution in [0.3, 0.4) is 0 Å².